The van der Waals surface area contributed by atoms with Crippen molar-refractivity contribution in [1.29, 1.82) is 0 Å². The van der Waals surface area contributed by atoms with Crippen molar-refractivity contribution in [2.75, 3.05) is 0 Å². The first-order chi connectivity index (χ1) is 9.28. The number of carbonyl (C=O) groups excluding carboxylic acids is 1. The number of carbonyl (C=O) groups is 1. The van der Waals surface area contributed by atoms with E-state index >= 15 is 0 Å². The maximum Gasteiger partial charge on any atom is 0.224 e. The second-order valence-electron chi connectivity index (χ2n) is 4.46. The summed E-state index contributed by atoms with van der Waals surface area (Å²) >= 11 is 0. The Labute approximate surface area is 113 Å². The summed E-state index contributed by atoms with van der Waals surface area (Å²) in [5.74, 6) is 0.0362. The van der Waals surface area contributed by atoms with Crippen molar-refractivity contribution in [2.24, 2.45) is 5.73 Å². The summed E-state index contributed by atoms with van der Waals surface area (Å²) < 4.78 is 0. The first-order valence-corrected chi connectivity index (χ1v) is 6.36. The van der Waals surface area contributed by atoms with Crippen LogP contribution in [-0.4, -0.2) is 5.91 Å². The van der Waals surface area contributed by atoms with Gasteiger partial charge < -0.3 is 11.1 Å². The Balaban J connectivity index is 1.83. The third kappa shape index (κ3) is 4.23. The fourth-order valence-corrected chi connectivity index (χ4v) is 1.84. The number of nitrogens with two attached hydrogens (primary N) is 1. The molecule has 0 radical (unpaired) electrons. The molecule has 2 aromatic rings. The highest BCUT2D eigenvalue weighted by Gasteiger charge is 2.02. The monoisotopic (exact) mass is 254 g/mol. The van der Waals surface area contributed by atoms with E-state index in [1.807, 2.05) is 54.6 Å². The van der Waals surface area contributed by atoms with Crippen molar-refractivity contribution in [1.82, 2.24) is 5.32 Å². The van der Waals surface area contributed by atoms with Crippen LogP contribution in [0.5, 0.6) is 0 Å². The molecule has 0 spiro atoms. The molecule has 0 aliphatic rings. The number of nitrogens with one attached hydrogen (secondary N) is 1. The Morgan fingerprint density at radius 2 is 1.53 bits per heavy atom. The van der Waals surface area contributed by atoms with Crippen LogP contribution < -0.4 is 11.1 Å². The van der Waals surface area contributed by atoms with Crippen molar-refractivity contribution >= 4 is 5.91 Å². The van der Waals surface area contributed by atoms with Gasteiger partial charge in [0.15, 0.2) is 0 Å². The number of benzene rings is 2. The molecule has 0 aliphatic carbocycles. The minimum Gasteiger partial charge on any atom is -0.352 e. The number of amides is 1. The van der Waals surface area contributed by atoms with E-state index < -0.39 is 0 Å². The normalized spacial score (nSPS) is 10.2. The molecule has 0 heterocycles. The van der Waals surface area contributed by atoms with Gasteiger partial charge in [-0.05, 0) is 16.7 Å². The Morgan fingerprint density at radius 1 is 0.895 bits per heavy atom. The summed E-state index contributed by atoms with van der Waals surface area (Å²) in [7, 11) is 0. The van der Waals surface area contributed by atoms with Crippen molar-refractivity contribution in [2.45, 2.75) is 19.5 Å². The highest BCUT2D eigenvalue weighted by molar-refractivity contribution is 5.78. The molecule has 3 heteroatoms. The van der Waals surface area contributed by atoms with Crippen LogP contribution in [-0.2, 0) is 24.3 Å². The third-order valence-electron chi connectivity index (χ3n) is 2.96. The first kappa shape index (κ1) is 13.3. The van der Waals surface area contributed by atoms with Crippen LogP contribution in [0.1, 0.15) is 16.7 Å². The summed E-state index contributed by atoms with van der Waals surface area (Å²) in [6, 6.07) is 17.7. The van der Waals surface area contributed by atoms with Gasteiger partial charge in [0.05, 0.1) is 6.42 Å². The molecule has 0 bridgehead atoms. The maximum atomic E-state index is 11.8. The third-order valence-corrected chi connectivity index (χ3v) is 2.96. The second kappa shape index (κ2) is 6.71. The van der Waals surface area contributed by atoms with Gasteiger partial charge in [-0.1, -0.05) is 54.6 Å². The van der Waals surface area contributed by atoms with Gasteiger partial charge in [0.25, 0.3) is 0 Å². The lowest BCUT2D eigenvalue weighted by Gasteiger charge is -2.06. The molecule has 98 valence electrons. The molecular formula is C16H18N2O. The van der Waals surface area contributed by atoms with Crippen LogP contribution in [0.3, 0.4) is 0 Å². The van der Waals surface area contributed by atoms with Gasteiger partial charge >= 0.3 is 0 Å². The Hall–Kier alpha value is -2.13. The topological polar surface area (TPSA) is 55.1 Å². The van der Waals surface area contributed by atoms with Crippen LogP contribution in [0.2, 0.25) is 0 Å². The first-order valence-electron chi connectivity index (χ1n) is 6.36. The van der Waals surface area contributed by atoms with Gasteiger partial charge in [0, 0.05) is 13.1 Å². The van der Waals surface area contributed by atoms with Gasteiger partial charge in [0.1, 0.15) is 0 Å². The molecule has 0 aromatic heterocycles. The molecule has 0 fully saturated rings. The number of hydrogen-bond acceptors (Lipinski definition) is 2. The average Bonchev–Trinajstić information content (AvgIpc) is 2.47. The van der Waals surface area contributed by atoms with Crippen molar-refractivity contribution in [3.05, 3.63) is 71.3 Å². The quantitative estimate of drug-likeness (QED) is 0.857. The largest absolute Gasteiger partial charge is 0.352 e. The van der Waals surface area contributed by atoms with E-state index in [4.69, 9.17) is 5.73 Å². The summed E-state index contributed by atoms with van der Waals surface area (Å²) in [5, 5.41) is 2.91. The Morgan fingerprint density at radius 3 is 2.16 bits per heavy atom. The predicted octanol–water partition coefficient (Wildman–Crippen LogP) is 2.00. The number of hydrogen-bond donors (Lipinski definition) is 2. The minimum absolute atomic E-state index is 0.0362. The zero-order valence-electron chi connectivity index (χ0n) is 10.8. The average molecular weight is 254 g/mol. The van der Waals surface area contributed by atoms with Gasteiger partial charge in [-0.3, -0.25) is 4.79 Å². The van der Waals surface area contributed by atoms with Crippen LogP contribution in [0.15, 0.2) is 54.6 Å². The van der Waals surface area contributed by atoms with Gasteiger partial charge in [0.2, 0.25) is 5.91 Å². The Kier molecular flexibility index (Phi) is 4.70. The lowest BCUT2D eigenvalue weighted by Crippen LogP contribution is -2.24. The molecular weight excluding hydrogens is 236 g/mol. The van der Waals surface area contributed by atoms with E-state index in [-0.39, 0.29) is 5.91 Å². The van der Waals surface area contributed by atoms with E-state index in [0.29, 0.717) is 19.5 Å². The second-order valence-corrected chi connectivity index (χ2v) is 4.46. The summed E-state index contributed by atoms with van der Waals surface area (Å²) in [6.07, 6.45) is 0.418. The van der Waals surface area contributed by atoms with Gasteiger partial charge in [-0.15, -0.1) is 0 Å². The highest BCUT2D eigenvalue weighted by atomic mass is 16.1. The Bertz CT molecular complexity index is 520. The van der Waals surface area contributed by atoms with Crippen molar-refractivity contribution < 1.29 is 4.79 Å². The molecule has 0 saturated heterocycles. The molecule has 2 aromatic carbocycles. The van der Waals surface area contributed by atoms with Gasteiger partial charge in [-0.2, -0.15) is 0 Å². The zero-order valence-corrected chi connectivity index (χ0v) is 10.8. The standard InChI is InChI=1S/C16H18N2O/c17-11-14-6-8-15(9-7-14)12-18-16(19)10-13-4-2-1-3-5-13/h1-9H,10-12,17H2,(H,18,19). The molecule has 19 heavy (non-hydrogen) atoms. The lowest BCUT2D eigenvalue weighted by atomic mass is 10.1. The summed E-state index contributed by atoms with van der Waals surface area (Å²) in [5.41, 5.74) is 8.74. The predicted molar refractivity (Wildman–Crippen MR) is 76.3 cm³/mol. The fourth-order valence-electron chi connectivity index (χ4n) is 1.84. The summed E-state index contributed by atoms with van der Waals surface area (Å²) in [4.78, 5) is 11.8. The van der Waals surface area contributed by atoms with E-state index in [1.54, 1.807) is 0 Å². The van der Waals surface area contributed by atoms with Crippen molar-refractivity contribution in [3.8, 4) is 0 Å². The highest BCUT2D eigenvalue weighted by Crippen LogP contribution is 2.04. The molecule has 0 atom stereocenters. The lowest BCUT2D eigenvalue weighted by molar-refractivity contribution is -0.120. The molecule has 0 unspecified atom stereocenters. The van der Waals surface area contributed by atoms with E-state index in [0.717, 1.165) is 16.7 Å². The van der Waals surface area contributed by atoms with Crippen molar-refractivity contribution in [3.63, 3.8) is 0 Å². The molecule has 2 rings (SSSR count). The van der Waals surface area contributed by atoms with Crippen LogP contribution in [0.4, 0.5) is 0 Å². The van der Waals surface area contributed by atoms with E-state index in [1.165, 1.54) is 0 Å². The summed E-state index contributed by atoms with van der Waals surface area (Å²) in [6.45, 7) is 1.09. The van der Waals surface area contributed by atoms with Gasteiger partial charge in [-0.25, -0.2) is 0 Å². The smallest absolute Gasteiger partial charge is 0.224 e. The fraction of sp³-hybridized carbons (Fsp3) is 0.188. The molecule has 0 saturated carbocycles. The maximum absolute atomic E-state index is 11.8. The zero-order chi connectivity index (χ0) is 13.5. The molecule has 3 N–H and O–H groups in total. The van der Waals surface area contributed by atoms with E-state index in [2.05, 4.69) is 5.32 Å². The minimum atomic E-state index is 0.0362. The molecule has 3 nitrogen and oxygen atoms in total. The van der Waals surface area contributed by atoms with Crippen LogP contribution >= 0.6 is 0 Å². The SMILES string of the molecule is NCc1ccc(CNC(=O)Cc2ccccc2)cc1. The number of rotatable bonds is 5. The molecule has 0 aliphatic heterocycles. The molecule has 1 amide bonds. The van der Waals surface area contributed by atoms with E-state index in [9.17, 15) is 4.79 Å². The van der Waals surface area contributed by atoms with Crippen LogP contribution in [0, 0.1) is 0 Å². The van der Waals surface area contributed by atoms with Crippen LogP contribution in [0.25, 0.3) is 0 Å².